The third kappa shape index (κ3) is 3.46. The lowest BCUT2D eigenvalue weighted by atomic mass is 9.92. The second kappa shape index (κ2) is 7.30. The van der Waals surface area contributed by atoms with Crippen LogP contribution in [-0.2, 0) is 0 Å². The van der Waals surface area contributed by atoms with Crippen LogP contribution in [-0.4, -0.2) is 14.2 Å². The van der Waals surface area contributed by atoms with E-state index in [1.807, 2.05) is 0 Å². The van der Waals surface area contributed by atoms with E-state index in [4.69, 9.17) is 9.47 Å². The Labute approximate surface area is 128 Å². The molecular formula is C16H22BrFO2. The zero-order chi connectivity index (χ0) is 14.5. The first-order valence-electron chi connectivity index (χ1n) is 7.23. The summed E-state index contributed by atoms with van der Waals surface area (Å²) in [5, 5.41) is 0. The molecule has 0 aromatic heterocycles. The lowest BCUT2D eigenvalue weighted by Crippen LogP contribution is -2.09. The van der Waals surface area contributed by atoms with Gasteiger partial charge in [-0.15, -0.1) is 0 Å². The van der Waals surface area contributed by atoms with Gasteiger partial charge in [-0.25, -0.2) is 4.39 Å². The average molecular weight is 345 g/mol. The van der Waals surface area contributed by atoms with Gasteiger partial charge in [0.1, 0.15) is 5.82 Å². The van der Waals surface area contributed by atoms with E-state index in [1.165, 1.54) is 38.9 Å². The number of hydrogen-bond acceptors (Lipinski definition) is 2. The molecule has 0 saturated heterocycles. The Bertz CT molecular complexity index is 442. The molecule has 1 aromatic carbocycles. The molecule has 0 heterocycles. The van der Waals surface area contributed by atoms with Gasteiger partial charge in [0, 0.05) is 16.5 Å². The van der Waals surface area contributed by atoms with E-state index in [0.717, 1.165) is 12.8 Å². The molecule has 0 spiro atoms. The van der Waals surface area contributed by atoms with Gasteiger partial charge in [-0.3, -0.25) is 0 Å². The number of halogens is 2. The number of rotatable bonds is 4. The van der Waals surface area contributed by atoms with Crippen molar-refractivity contribution in [2.45, 2.75) is 43.4 Å². The lowest BCUT2D eigenvalue weighted by molar-refractivity contribution is 0.350. The van der Waals surface area contributed by atoms with E-state index in [2.05, 4.69) is 15.9 Å². The Morgan fingerprint density at radius 2 is 1.60 bits per heavy atom. The van der Waals surface area contributed by atoms with Crippen molar-refractivity contribution in [1.82, 2.24) is 0 Å². The molecule has 0 N–H and O–H groups in total. The molecule has 20 heavy (non-hydrogen) atoms. The second-order valence-electron chi connectivity index (χ2n) is 5.38. The molecule has 1 unspecified atom stereocenters. The Hall–Kier alpha value is -0.770. The maximum Gasteiger partial charge on any atom is 0.163 e. The minimum Gasteiger partial charge on any atom is -0.493 e. The molecule has 4 heteroatoms. The van der Waals surface area contributed by atoms with Crippen LogP contribution >= 0.6 is 15.9 Å². The van der Waals surface area contributed by atoms with E-state index in [1.54, 1.807) is 13.2 Å². The predicted octanol–water partition coefficient (Wildman–Crippen LogP) is 5.25. The van der Waals surface area contributed by atoms with Crippen molar-refractivity contribution >= 4 is 15.9 Å². The first kappa shape index (κ1) is 15.6. The Balaban J connectivity index is 2.26. The quantitative estimate of drug-likeness (QED) is 0.548. The fourth-order valence-electron chi connectivity index (χ4n) is 2.94. The van der Waals surface area contributed by atoms with E-state index >= 15 is 0 Å². The first-order chi connectivity index (χ1) is 9.67. The Morgan fingerprint density at radius 1 is 1.05 bits per heavy atom. The number of hydrogen-bond donors (Lipinski definition) is 0. The van der Waals surface area contributed by atoms with Crippen molar-refractivity contribution in [3.63, 3.8) is 0 Å². The maximum absolute atomic E-state index is 14.3. The molecule has 0 amide bonds. The van der Waals surface area contributed by atoms with Gasteiger partial charge < -0.3 is 9.47 Å². The summed E-state index contributed by atoms with van der Waals surface area (Å²) < 4.78 is 24.7. The van der Waals surface area contributed by atoms with Gasteiger partial charge in [-0.05, 0) is 24.8 Å². The standard InChI is InChI=1S/C16H22BrFO2/c1-19-14-9-12(13(18)10-15(14)20-2)16(17)11-7-5-3-4-6-8-11/h9-11,16H,3-8H2,1-2H3. The summed E-state index contributed by atoms with van der Waals surface area (Å²) in [7, 11) is 3.10. The molecule has 1 aromatic rings. The van der Waals surface area contributed by atoms with E-state index < -0.39 is 0 Å². The van der Waals surface area contributed by atoms with Gasteiger partial charge in [0.2, 0.25) is 0 Å². The van der Waals surface area contributed by atoms with Crippen LogP contribution in [0.1, 0.15) is 48.9 Å². The van der Waals surface area contributed by atoms with Crippen LogP contribution in [0.4, 0.5) is 4.39 Å². The summed E-state index contributed by atoms with van der Waals surface area (Å²) >= 11 is 3.71. The summed E-state index contributed by atoms with van der Waals surface area (Å²) in [5.41, 5.74) is 0.676. The summed E-state index contributed by atoms with van der Waals surface area (Å²) in [6, 6.07) is 3.18. The highest BCUT2D eigenvalue weighted by Crippen LogP contribution is 2.43. The van der Waals surface area contributed by atoms with Crippen molar-refractivity contribution < 1.29 is 13.9 Å². The van der Waals surface area contributed by atoms with Gasteiger partial charge in [0.15, 0.2) is 11.5 Å². The van der Waals surface area contributed by atoms with Crippen LogP contribution in [0.5, 0.6) is 11.5 Å². The second-order valence-corrected chi connectivity index (χ2v) is 6.37. The van der Waals surface area contributed by atoms with Crippen LogP contribution in [0.3, 0.4) is 0 Å². The van der Waals surface area contributed by atoms with Gasteiger partial charge in [0.25, 0.3) is 0 Å². The molecule has 112 valence electrons. The highest BCUT2D eigenvalue weighted by atomic mass is 79.9. The Morgan fingerprint density at radius 3 is 2.15 bits per heavy atom. The maximum atomic E-state index is 14.3. The molecule has 1 aliphatic carbocycles. The monoisotopic (exact) mass is 344 g/mol. The van der Waals surface area contributed by atoms with Crippen molar-refractivity contribution in [3.8, 4) is 11.5 Å². The average Bonchev–Trinajstić information content (AvgIpc) is 2.75. The third-order valence-corrected chi connectivity index (χ3v) is 5.35. The van der Waals surface area contributed by atoms with Gasteiger partial charge in [0.05, 0.1) is 14.2 Å². The molecule has 1 fully saturated rings. The van der Waals surface area contributed by atoms with E-state index in [-0.39, 0.29) is 10.6 Å². The normalized spacial score (nSPS) is 18.4. The highest BCUT2D eigenvalue weighted by molar-refractivity contribution is 9.09. The van der Waals surface area contributed by atoms with Crippen molar-refractivity contribution in [3.05, 3.63) is 23.5 Å². The smallest absolute Gasteiger partial charge is 0.163 e. The fourth-order valence-corrected chi connectivity index (χ4v) is 3.82. The highest BCUT2D eigenvalue weighted by Gasteiger charge is 2.25. The van der Waals surface area contributed by atoms with Crippen LogP contribution in [0.15, 0.2) is 12.1 Å². The SMILES string of the molecule is COc1cc(F)c(C(Br)C2CCCCCC2)cc1OC. The van der Waals surface area contributed by atoms with Crippen molar-refractivity contribution in [1.29, 1.82) is 0 Å². The van der Waals surface area contributed by atoms with Gasteiger partial charge >= 0.3 is 0 Å². The molecule has 1 aliphatic rings. The zero-order valence-electron chi connectivity index (χ0n) is 12.1. The molecular weight excluding hydrogens is 323 g/mol. The molecule has 0 aliphatic heterocycles. The van der Waals surface area contributed by atoms with Crippen LogP contribution in [0.25, 0.3) is 0 Å². The van der Waals surface area contributed by atoms with E-state index in [0.29, 0.717) is 23.0 Å². The van der Waals surface area contributed by atoms with E-state index in [9.17, 15) is 4.39 Å². The number of methoxy groups -OCH3 is 2. The van der Waals surface area contributed by atoms with Crippen molar-refractivity contribution in [2.75, 3.05) is 14.2 Å². The number of alkyl halides is 1. The lowest BCUT2D eigenvalue weighted by Gasteiger charge is -2.22. The molecule has 1 atom stereocenters. The predicted molar refractivity (Wildman–Crippen MR) is 82.4 cm³/mol. The topological polar surface area (TPSA) is 18.5 Å². The van der Waals surface area contributed by atoms with Crippen LogP contribution in [0.2, 0.25) is 0 Å². The molecule has 2 rings (SSSR count). The first-order valence-corrected chi connectivity index (χ1v) is 8.14. The summed E-state index contributed by atoms with van der Waals surface area (Å²) in [6.07, 6.45) is 7.38. The minimum atomic E-state index is -0.228. The minimum absolute atomic E-state index is 0.0420. The molecule has 0 bridgehead atoms. The fraction of sp³-hybridized carbons (Fsp3) is 0.625. The van der Waals surface area contributed by atoms with Gasteiger partial charge in [-0.2, -0.15) is 0 Å². The van der Waals surface area contributed by atoms with Crippen LogP contribution in [0, 0.1) is 11.7 Å². The Kier molecular flexibility index (Phi) is 5.70. The number of benzene rings is 1. The molecule has 2 nitrogen and oxygen atoms in total. The zero-order valence-corrected chi connectivity index (χ0v) is 13.7. The summed E-state index contributed by atoms with van der Waals surface area (Å²) in [6.45, 7) is 0. The molecule has 0 radical (unpaired) electrons. The summed E-state index contributed by atoms with van der Waals surface area (Å²) in [4.78, 5) is 0.0420. The molecule has 1 saturated carbocycles. The third-order valence-electron chi connectivity index (χ3n) is 4.11. The largest absolute Gasteiger partial charge is 0.493 e. The van der Waals surface area contributed by atoms with Crippen LogP contribution < -0.4 is 9.47 Å². The van der Waals surface area contributed by atoms with Gasteiger partial charge in [-0.1, -0.05) is 41.6 Å². The summed E-state index contributed by atoms with van der Waals surface area (Å²) in [5.74, 6) is 1.29. The number of ether oxygens (including phenoxy) is 2. The van der Waals surface area contributed by atoms with Crippen molar-refractivity contribution in [2.24, 2.45) is 5.92 Å².